The van der Waals surface area contributed by atoms with Crippen LogP contribution in [0.4, 0.5) is 0 Å². The lowest BCUT2D eigenvalue weighted by atomic mass is 9.79. The highest BCUT2D eigenvalue weighted by Crippen LogP contribution is 2.38. The second-order valence-corrected chi connectivity index (χ2v) is 6.19. The maximum absolute atomic E-state index is 11.4. The van der Waals surface area contributed by atoms with Crippen molar-refractivity contribution in [3.05, 3.63) is 0 Å². The average molecular weight is 214 g/mol. The number of hydrogen-bond donors (Lipinski definition) is 0. The third-order valence-electron chi connectivity index (χ3n) is 3.62. The van der Waals surface area contributed by atoms with Crippen LogP contribution in [0.5, 0.6) is 0 Å². The summed E-state index contributed by atoms with van der Waals surface area (Å²) in [6.07, 6.45) is 4.72. The molecule has 0 radical (unpaired) electrons. The number of piperidine rings is 2. The molecular formula is C9H14N2O2S. The number of nitrogens with zero attached hydrogens (tertiary/aromatic N) is 2. The van der Waals surface area contributed by atoms with E-state index in [1.54, 1.807) is 0 Å². The molecular weight excluding hydrogens is 200 g/mol. The standard InChI is InChI=1S/C9H14N2O2S/c12-14(13)6-5-11-8-3-1-7(2-4-8)9(11)10-14/h7-8H,1-6H2. The summed E-state index contributed by atoms with van der Waals surface area (Å²) >= 11 is 0. The first-order valence-corrected chi connectivity index (χ1v) is 6.86. The Bertz CT molecular complexity index is 380. The predicted molar refractivity (Wildman–Crippen MR) is 53.7 cm³/mol. The van der Waals surface area contributed by atoms with E-state index in [4.69, 9.17) is 0 Å². The highest BCUT2D eigenvalue weighted by Gasteiger charge is 2.41. The SMILES string of the molecule is O=S1(=O)CCN2C(=N1)C1CCC2CC1. The summed E-state index contributed by atoms with van der Waals surface area (Å²) in [6.45, 7) is 0.669. The lowest BCUT2D eigenvalue weighted by Crippen LogP contribution is -2.55. The molecule has 3 aliphatic heterocycles. The molecule has 2 saturated heterocycles. The summed E-state index contributed by atoms with van der Waals surface area (Å²) in [5.41, 5.74) is 0. The maximum atomic E-state index is 11.4. The minimum absolute atomic E-state index is 0.208. The summed E-state index contributed by atoms with van der Waals surface area (Å²) < 4.78 is 26.7. The Labute approximate surface area is 84.1 Å². The first-order chi connectivity index (χ1) is 6.66. The van der Waals surface area contributed by atoms with Crippen molar-refractivity contribution in [1.29, 1.82) is 0 Å². The smallest absolute Gasteiger partial charge is 0.256 e. The van der Waals surface area contributed by atoms with Crippen molar-refractivity contribution in [3.8, 4) is 0 Å². The van der Waals surface area contributed by atoms with Gasteiger partial charge in [0, 0.05) is 18.5 Å². The minimum atomic E-state index is -3.13. The largest absolute Gasteiger partial charge is 0.355 e. The number of amidine groups is 1. The van der Waals surface area contributed by atoms with E-state index in [1.807, 2.05) is 0 Å². The van der Waals surface area contributed by atoms with Crippen LogP contribution in [0.25, 0.3) is 0 Å². The van der Waals surface area contributed by atoms with Crippen LogP contribution in [0.1, 0.15) is 25.7 Å². The molecule has 0 aromatic rings. The molecule has 0 unspecified atom stereocenters. The molecule has 3 fully saturated rings. The van der Waals surface area contributed by atoms with Gasteiger partial charge in [0.25, 0.3) is 10.0 Å². The molecule has 14 heavy (non-hydrogen) atoms. The number of hydrogen-bond acceptors (Lipinski definition) is 3. The van der Waals surface area contributed by atoms with Crippen LogP contribution in [-0.4, -0.2) is 37.5 Å². The van der Waals surface area contributed by atoms with Gasteiger partial charge in [-0.3, -0.25) is 0 Å². The van der Waals surface area contributed by atoms with E-state index in [0.717, 1.165) is 18.7 Å². The van der Waals surface area contributed by atoms with Crippen molar-refractivity contribution < 1.29 is 8.42 Å². The van der Waals surface area contributed by atoms with Gasteiger partial charge in [-0.1, -0.05) is 0 Å². The third-order valence-corrected chi connectivity index (χ3v) is 4.78. The molecule has 4 aliphatic rings. The van der Waals surface area contributed by atoms with Gasteiger partial charge in [0.05, 0.1) is 5.75 Å². The van der Waals surface area contributed by atoms with Crippen molar-refractivity contribution in [2.75, 3.05) is 12.3 Å². The zero-order valence-corrected chi connectivity index (χ0v) is 8.83. The second-order valence-electron chi connectivity index (χ2n) is 4.43. The van der Waals surface area contributed by atoms with Crippen molar-refractivity contribution in [1.82, 2.24) is 4.90 Å². The third kappa shape index (κ3) is 1.18. The summed E-state index contributed by atoms with van der Waals surface area (Å²) in [4.78, 5) is 2.23. The van der Waals surface area contributed by atoms with Gasteiger partial charge >= 0.3 is 0 Å². The van der Waals surface area contributed by atoms with Gasteiger partial charge in [0.1, 0.15) is 5.84 Å². The summed E-state index contributed by atoms with van der Waals surface area (Å²) in [6, 6.07) is 0.578. The van der Waals surface area contributed by atoms with Crippen molar-refractivity contribution in [2.45, 2.75) is 31.7 Å². The van der Waals surface area contributed by atoms with Gasteiger partial charge in [-0.25, -0.2) is 8.42 Å². The van der Waals surface area contributed by atoms with E-state index in [2.05, 4.69) is 9.30 Å². The van der Waals surface area contributed by atoms with Gasteiger partial charge in [-0.2, -0.15) is 4.40 Å². The first kappa shape index (κ1) is 8.71. The molecule has 4 rings (SSSR count). The Morgan fingerprint density at radius 3 is 2.64 bits per heavy atom. The second kappa shape index (κ2) is 2.72. The molecule has 0 aromatic carbocycles. The molecule has 0 amide bonds. The monoisotopic (exact) mass is 214 g/mol. The van der Waals surface area contributed by atoms with Crippen molar-refractivity contribution in [3.63, 3.8) is 0 Å². The molecule has 1 saturated carbocycles. The van der Waals surface area contributed by atoms with E-state index in [0.29, 0.717) is 18.5 Å². The molecule has 0 atom stereocenters. The summed E-state index contributed by atoms with van der Waals surface area (Å²) in [5, 5.41) is 0. The first-order valence-electron chi connectivity index (χ1n) is 5.25. The van der Waals surface area contributed by atoms with Gasteiger partial charge in [-0.15, -0.1) is 0 Å². The van der Waals surface area contributed by atoms with E-state index in [-0.39, 0.29) is 5.75 Å². The van der Waals surface area contributed by atoms with Crippen LogP contribution in [0.15, 0.2) is 4.40 Å². The van der Waals surface area contributed by atoms with Gasteiger partial charge < -0.3 is 4.90 Å². The normalized spacial score (nSPS) is 39.1. The van der Waals surface area contributed by atoms with Gasteiger partial charge in [-0.05, 0) is 25.7 Å². The fourth-order valence-corrected chi connectivity index (χ4v) is 3.95. The lowest BCUT2D eigenvalue weighted by molar-refractivity contribution is 0.174. The fourth-order valence-electron chi connectivity index (χ4n) is 2.89. The van der Waals surface area contributed by atoms with Crippen molar-refractivity contribution in [2.24, 2.45) is 10.3 Å². The number of rotatable bonds is 0. The summed E-state index contributed by atoms with van der Waals surface area (Å²) in [5.74, 6) is 1.51. The Morgan fingerprint density at radius 1 is 1.21 bits per heavy atom. The van der Waals surface area contributed by atoms with E-state index >= 15 is 0 Å². The molecule has 78 valence electrons. The topological polar surface area (TPSA) is 49.7 Å². The molecule has 3 heterocycles. The fraction of sp³-hybridized carbons (Fsp3) is 0.889. The minimum Gasteiger partial charge on any atom is -0.355 e. The van der Waals surface area contributed by atoms with Crippen LogP contribution in [0.3, 0.4) is 0 Å². The quantitative estimate of drug-likeness (QED) is 0.593. The lowest BCUT2D eigenvalue weighted by Gasteiger charge is -2.48. The van der Waals surface area contributed by atoms with Crippen molar-refractivity contribution >= 4 is 15.9 Å². The molecule has 1 aliphatic carbocycles. The van der Waals surface area contributed by atoms with Crippen LogP contribution >= 0.6 is 0 Å². The van der Waals surface area contributed by atoms with E-state index < -0.39 is 10.0 Å². The van der Waals surface area contributed by atoms with Gasteiger partial charge in [0.15, 0.2) is 0 Å². The molecule has 4 nitrogen and oxygen atoms in total. The zero-order valence-electron chi connectivity index (χ0n) is 8.02. The predicted octanol–water partition coefficient (Wildman–Crippen LogP) is 0.603. The Hall–Kier alpha value is -0.580. The van der Waals surface area contributed by atoms with E-state index in [9.17, 15) is 8.42 Å². The van der Waals surface area contributed by atoms with Crippen LogP contribution < -0.4 is 0 Å². The number of fused-ring (bicyclic) bond motifs is 2. The summed E-state index contributed by atoms with van der Waals surface area (Å²) in [7, 11) is -3.13. The molecule has 0 aromatic heterocycles. The highest BCUT2D eigenvalue weighted by molar-refractivity contribution is 7.90. The Balaban J connectivity index is 2.04. The molecule has 0 N–H and O–H groups in total. The molecule has 0 spiro atoms. The molecule has 5 heteroatoms. The average Bonchev–Trinajstić information content (AvgIpc) is 2.17. The molecule has 2 bridgehead atoms. The Kier molecular flexibility index (Phi) is 1.69. The Morgan fingerprint density at radius 2 is 1.93 bits per heavy atom. The van der Waals surface area contributed by atoms with E-state index in [1.165, 1.54) is 12.8 Å². The highest BCUT2D eigenvalue weighted by atomic mass is 32.2. The van der Waals surface area contributed by atoms with Crippen LogP contribution in [0.2, 0.25) is 0 Å². The van der Waals surface area contributed by atoms with Crippen LogP contribution in [-0.2, 0) is 10.0 Å². The zero-order chi connectivity index (χ0) is 9.76. The number of sulfonamides is 1. The van der Waals surface area contributed by atoms with Crippen LogP contribution in [0, 0.1) is 5.92 Å². The maximum Gasteiger partial charge on any atom is 0.256 e. The van der Waals surface area contributed by atoms with Gasteiger partial charge in [0.2, 0.25) is 0 Å².